The van der Waals surface area contributed by atoms with E-state index in [4.69, 9.17) is 0 Å². The van der Waals surface area contributed by atoms with Crippen LogP contribution in [0.2, 0.25) is 0 Å². The second-order valence-electron chi connectivity index (χ2n) is 3.12. The molecular weight excluding hydrogens is 191 g/mol. The Labute approximate surface area is 85.9 Å². The van der Waals surface area contributed by atoms with E-state index in [2.05, 4.69) is 11.6 Å². The molecule has 2 heteroatoms. The molecule has 1 aromatic carbocycles. The topological polar surface area (TPSA) is 17.1 Å². The summed E-state index contributed by atoms with van der Waals surface area (Å²) in [6.45, 7) is 3.87. The van der Waals surface area contributed by atoms with Crippen molar-refractivity contribution < 1.29 is 4.57 Å². The predicted octanol–water partition coefficient (Wildman–Crippen LogP) is 3.40. The molecule has 0 atom stereocenters. The highest BCUT2D eigenvalue weighted by atomic mass is 31.2. The van der Waals surface area contributed by atoms with Gasteiger partial charge in [0.2, 0.25) is 0 Å². The molecule has 0 saturated carbocycles. The van der Waals surface area contributed by atoms with Crippen molar-refractivity contribution in [3.05, 3.63) is 35.9 Å². The van der Waals surface area contributed by atoms with Gasteiger partial charge in [0, 0.05) is 17.9 Å². The molecule has 1 aromatic rings. The van der Waals surface area contributed by atoms with Gasteiger partial charge in [0.05, 0.1) is 0 Å². The highest BCUT2D eigenvalue weighted by Crippen LogP contribution is 2.42. The van der Waals surface area contributed by atoms with Crippen molar-refractivity contribution in [1.82, 2.24) is 0 Å². The van der Waals surface area contributed by atoms with Gasteiger partial charge in [-0.1, -0.05) is 38.0 Å². The minimum atomic E-state index is -2.21. The first kappa shape index (κ1) is 11.1. The largest absolute Gasteiger partial charge is 0.310 e. The molecule has 0 aliphatic heterocycles. The fraction of sp³-hybridized carbons (Fsp3) is 0.333. The van der Waals surface area contributed by atoms with E-state index in [1.807, 2.05) is 44.2 Å². The molecule has 74 valence electrons. The van der Waals surface area contributed by atoms with Crippen molar-refractivity contribution in [3.63, 3.8) is 0 Å². The van der Waals surface area contributed by atoms with E-state index in [1.165, 1.54) is 0 Å². The van der Waals surface area contributed by atoms with Crippen LogP contribution in [0.5, 0.6) is 0 Å². The zero-order chi connectivity index (χ0) is 10.4. The van der Waals surface area contributed by atoms with Crippen molar-refractivity contribution >= 4 is 7.14 Å². The summed E-state index contributed by atoms with van der Waals surface area (Å²) in [6.07, 6.45) is 1.34. The summed E-state index contributed by atoms with van der Waals surface area (Å²) in [4.78, 5) is 0. The van der Waals surface area contributed by atoms with E-state index in [0.717, 1.165) is 5.56 Å². The molecule has 14 heavy (non-hydrogen) atoms. The molecule has 0 aromatic heterocycles. The number of hydrogen-bond donors (Lipinski definition) is 0. The van der Waals surface area contributed by atoms with E-state index < -0.39 is 7.14 Å². The van der Waals surface area contributed by atoms with Gasteiger partial charge in [0.25, 0.3) is 0 Å². The number of hydrogen-bond acceptors (Lipinski definition) is 1. The van der Waals surface area contributed by atoms with Gasteiger partial charge < -0.3 is 4.57 Å². The Morgan fingerprint density at radius 3 is 2.21 bits per heavy atom. The lowest BCUT2D eigenvalue weighted by Gasteiger charge is -2.03. The van der Waals surface area contributed by atoms with Gasteiger partial charge in [-0.05, 0) is 17.8 Å². The van der Waals surface area contributed by atoms with Crippen LogP contribution in [0.4, 0.5) is 0 Å². The van der Waals surface area contributed by atoms with Crippen molar-refractivity contribution in [2.75, 3.05) is 12.3 Å². The van der Waals surface area contributed by atoms with Crippen LogP contribution in [0.3, 0.4) is 0 Å². The SMILES string of the molecule is CCP(=O)(C#Cc1ccccc1)CC. The average Bonchev–Trinajstić information content (AvgIpc) is 2.27. The van der Waals surface area contributed by atoms with Crippen molar-refractivity contribution in [2.24, 2.45) is 0 Å². The van der Waals surface area contributed by atoms with Crippen LogP contribution in [0.1, 0.15) is 19.4 Å². The van der Waals surface area contributed by atoms with Crippen LogP contribution in [0.25, 0.3) is 0 Å². The Kier molecular flexibility index (Phi) is 3.98. The lowest BCUT2D eigenvalue weighted by atomic mass is 10.2. The zero-order valence-electron chi connectivity index (χ0n) is 8.66. The molecule has 0 radical (unpaired) electrons. The summed E-state index contributed by atoms with van der Waals surface area (Å²) >= 11 is 0. The van der Waals surface area contributed by atoms with Gasteiger partial charge in [-0.3, -0.25) is 0 Å². The Balaban J connectivity index is 2.88. The third kappa shape index (κ3) is 3.05. The molecule has 0 N–H and O–H groups in total. The van der Waals surface area contributed by atoms with Crippen molar-refractivity contribution in [3.8, 4) is 11.6 Å². The van der Waals surface area contributed by atoms with E-state index in [-0.39, 0.29) is 0 Å². The number of rotatable bonds is 2. The molecule has 1 nitrogen and oxygen atoms in total. The van der Waals surface area contributed by atoms with Crippen LogP contribution >= 0.6 is 7.14 Å². The molecule has 0 aliphatic rings. The molecule has 1 rings (SSSR count). The van der Waals surface area contributed by atoms with Gasteiger partial charge in [0.1, 0.15) is 0 Å². The lowest BCUT2D eigenvalue weighted by molar-refractivity contribution is 0.583. The van der Waals surface area contributed by atoms with Crippen LogP contribution in [-0.2, 0) is 4.57 Å². The summed E-state index contributed by atoms with van der Waals surface area (Å²) in [5.41, 5.74) is 3.86. The van der Waals surface area contributed by atoms with Crippen LogP contribution in [0, 0.1) is 11.6 Å². The second kappa shape index (κ2) is 5.03. The second-order valence-corrected chi connectivity index (χ2v) is 6.39. The molecule has 0 aliphatic carbocycles. The molecule has 0 unspecified atom stereocenters. The normalized spacial score (nSPS) is 10.4. The Morgan fingerprint density at radius 1 is 1.14 bits per heavy atom. The zero-order valence-corrected chi connectivity index (χ0v) is 9.55. The van der Waals surface area contributed by atoms with Crippen LogP contribution in [0.15, 0.2) is 30.3 Å². The first-order valence-corrected chi connectivity index (χ1v) is 6.94. The standard InChI is InChI=1S/C12H15OP/c1-3-14(13,4-2)11-10-12-8-6-5-7-9-12/h5-9H,3-4H2,1-2H3. The molecule has 0 fully saturated rings. The van der Waals surface area contributed by atoms with Gasteiger partial charge in [0.15, 0.2) is 7.14 Å². The molecule has 0 saturated heterocycles. The monoisotopic (exact) mass is 206 g/mol. The first-order chi connectivity index (χ1) is 6.70. The molecule has 0 spiro atoms. The Morgan fingerprint density at radius 2 is 1.71 bits per heavy atom. The minimum absolute atomic E-state index is 0.670. The highest BCUT2D eigenvalue weighted by Gasteiger charge is 2.11. The van der Waals surface area contributed by atoms with Gasteiger partial charge >= 0.3 is 0 Å². The minimum Gasteiger partial charge on any atom is -0.310 e. The Hall–Kier alpha value is -0.990. The van der Waals surface area contributed by atoms with Gasteiger partial charge in [-0.25, -0.2) is 0 Å². The molecule has 0 amide bonds. The van der Waals surface area contributed by atoms with E-state index in [9.17, 15) is 4.57 Å². The summed E-state index contributed by atoms with van der Waals surface area (Å²) in [5.74, 6) is 2.97. The number of benzene rings is 1. The third-order valence-electron chi connectivity index (χ3n) is 2.20. The maximum Gasteiger partial charge on any atom is 0.154 e. The van der Waals surface area contributed by atoms with Crippen LogP contribution < -0.4 is 0 Å². The quantitative estimate of drug-likeness (QED) is 0.535. The van der Waals surface area contributed by atoms with Crippen LogP contribution in [-0.4, -0.2) is 12.3 Å². The molecule has 0 heterocycles. The first-order valence-electron chi connectivity index (χ1n) is 4.86. The van der Waals surface area contributed by atoms with Crippen molar-refractivity contribution in [2.45, 2.75) is 13.8 Å². The summed E-state index contributed by atoms with van der Waals surface area (Å²) in [7, 11) is -2.21. The fourth-order valence-corrected chi connectivity index (χ4v) is 2.17. The average molecular weight is 206 g/mol. The predicted molar refractivity (Wildman–Crippen MR) is 62.0 cm³/mol. The Bertz CT molecular complexity index is 376. The smallest absolute Gasteiger partial charge is 0.154 e. The summed E-state index contributed by atoms with van der Waals surface area (Å²) in [5, 5.41) is 0. The molecular formula is C12H15OP. The lowest BCUT2D eigenvalue weighted by Crippen LogP contribution is -1.85. The van der Waals surface area contributed by atoms with E-state index in [0.29, 0.717) is 12.3 Å². The van der Waals surface area contributed by atoms with E-state index in [1.54, 1.807) is 0 Å². The molecule has 0 bridgehead atoms. The highest BCUT2D eigenvalue weighted by molar-refractivity contribution is 7.68. The summed E-state index contributed by atoms with van der Waals surface area (Å²) < 4.78 is 12.0. The maximum atomic E-state index is 12.0. The maximum absolute atomic E-state index is 12.0. The summed E-state index contributed by atoms with van der Waals surface area (Å²) in [6, 6.07) is 9.69. The third-order valence-corrected chi connectivity index (χ3v) is 4.76. The fourth-order valence-electron chi connectivity index (χ4n) is 1.07. The van der Waals surface area contributed by atoms with E-state index >= 15 is 0 Å². The van der Waals surface area contributed by atoms with Gasteiger partial charge in [-0.15, -0.1) is 0 Å². The van der Waals surface area contributed by atoms with Crippen molar-refractivity contribution in [1.29, 1.82) is 0 Å². The van der Waals surface area contributed by atoms with Gasteiger partial charge in [-0.2, -0.15) is 0 Å².